The number of rotatable bonds is 6. The van der Waals surface area contributed by atoms with Crippen LogP contribution in [0.5, 0.6) is 5.75 Å². The number of amides is 3. The van der Waals surface area contributed by atoms with E-state index in [1.807, 2.05) is 13.0 Å². The molecule has 3 amide bonds. The highest BCUT2D eigenvalue weighted by molar-refractivity contribution is 9.10. The van der Waals surface area contributed by atoms with E-state index in [0.717, 1.165) is 11.1 Å². The number of hydrogen-bond donors (Lipinski definition) is 3. The number of nitrogens with one attached hydrogen (secondary N) is 1. The molecule has 54 heavy (non-hydrogen) atoms. The van der Waals surface area contributed by atoms with E-state index in [-0.39, 0.29) is 24.3 Å². The molecule has 2 aromatic carbocycles. The molecule has 0 spiro atoms. The molecular weight excluding hydrogens is 788 g/mol. The Kier molecular flexibility index (Phi) is 12.4. The fraction of sp³-hybridized carbons (Fsp3) is 0.474. The number of nitrogens with two attached hydrogens (primary N) is 1. The van der Waals surface area contributed by atoms with Crippen LogP contribution < -0.4 is 20.7 Å². The number of halogens is 2. The van der Waals surface area contributed by atoms with Crippen LogP contribution in [-0.2, 0) is 35.0 Å². The number of carbonyl (C=O) groups excluding carboxylic acids is 4. The van der Waals surface area contributed by atoms with Crippen molar-refractivity contribution < 1.29 is 48.0 Å². The molecule has 4 bridgehead atoms. The molecule has 292 valence electrons. The first kappa shape index (κ1) is 41.0. The number of nitrogen functional groups attached to an aromatic ring is 1. The van der Waals surface area contributed by atoms with Gasteiger partial charge >= 0.3 is 12.1 Å². The Hall–Kier alpha value is -4.15. The van der Waals surface area contributed by atoms with Gasteiger partial charge in [-0.15, -0.1) is 0 Å². The van der Waals surface area contributed by atoms with Crippen molar-refractivity contribution in [3.8, 4) is 5.75 Å². The molecule has 0 radical (unpaired) electrons. The maximum absolute atomic E-state index is 14.1. The molecule has 3 heterocycles. The monoisotopic (exact) mass is 832 g/mol. The smallest absolute Gasteiger partial charge is 0.409 e. The van der Waals surface area contributed by atoms with E-state index in [1.165, 1.54) is 38.0 Å². The van der Waals surface area contributed by atoms with E-state index >= 15 is 0 Å². The summed E-state index contributed by atoms with van der Waals surface area (Å²) < 4.78 is 29.5. The Morgan fingerprint density at radius 1 is 1.22 bits per heavy atom. The summed E-state index contributed by atoms with van der Waals surface area (Å²) in [6.07, 6.45) is 0.953. The van der Waals surface area contributed by atoms with Gasteiger partial charge in [0, 0.05) is 49.8 Å². The van der Waals surface area contributed by atoms with Crippen LogP contribution in [0.25, 0.3) is 0 Å². The number of ether oxygens (including phenoxy) is 5. The van der Waals surface area contributed by atoms with Crippen LogP contribution in [0.3, 0.4) is 0 Å². The van der Waals surface area contributed by atoms with Gasteiger partial charge in [-0.2, -0.15) is 0 Å². The second-order valence-electron chi connectivity index (χ2n) is 14.1. The number of benzene rings is 2. The third-order valence-corrected chi connectivity index (χ3v) is 11.3. The number of hydrogen-bond acceptors (Lipinski definition) is 11. The standard InChI is InChI=1S/C38H46BrClN4O10/c1-20-9-8-10-29(51-7)38(49)19-24(52-36(48)42-38)17-31-37(3,54-31)30(18-32(45)44(5)27-14-22(13-20)15-28(50-6)33(27)40)53-35(47)21(2)43(4)34(46)23-11-12-26(41)25(39)16-23/h8-12,14-16,21,24,29-31,49H,13,17-19,41H2,1-7H3,(H,42,48)/b10-8+,20-9+/t21-,24+,29+,30-,31-,37-,38-/m0/s1. The van der Waals surface area contributed by atoms with Crippen LogP contribution in [0, 0.1) is 0 Å². The Labute approximate surface area is 327 Å². The van der Waals surface area contributed by atoms with Gasteiger partial charge in [-0.3, -0.25) is 14.9 Å². The first-order valence-electron chi connectivity index (χ1n) is 17.3. The summed E-state index contributed by atoms with van der Waals surface area (Å²) in [5.74, 6) is -1.33. The maximum atomic E-state index is 14.1. The van der Waals surface area contributed by atoms with Crippen molar-refractivity contribution in [1.29, 1.82) is 0 Å². The molecule has 7 atom stereocenters. The van der Waals surface area contributed by atoms with E-state index in [0.29, 0.717) is 33.6 Å². The van der Waals surface area contributed by atoms with Crippen molar-refractivity contribution in [2.75, 3.05) is 38.9 Å². The average Bonchev–Trinajstić information content (AvgIpc) is 3.78. The minimum absolute atomic E-state index is 0.0539. The lowest BCUT2D eigenvalue weighted by Gasteiger charge is -2.40. The number of nitrogens with zero attached hydrogens (tertiary/aromatic N) is 2. The zero-order valence-electron chi connectivity index (χ0n) is 31.2. The first-order valence-corrected chi connectivity index (χ1v) is 18.5. The van der Waals surface area contributed by atoms with Crippen LogP contribution in [-0.4, -0.2) is 104 Å². The lowest BCUT2D eigenvalue weighted by molar-refractivity contribution is -0.158. The molecule has 0 aromatic heterocycles. The summed E-state index contributed by atoms with van der Waals surface area (Å²) in [5, 5.41) is 14.3. The van der Waals surface area contributed by atoms with Crippen molar-refractivity contribution in [2.45, 2.75) is 88.2 Å². The Morgan fingerprint density at radius 2 is 1.94 bits per heavy atom. The summed E-state index contributed by atoms with van der Waals surface area (Å²) in [6.45, 7) is 5.12. The molecule has 2 saturated heterocycles. The number of alkyl carbamates (subject to hydrolysis) is 1. The SMILES string of the molecule is COc1cc2cc(c1Cl)N(C)C(=O)C[C@H](OC(=O)[C@H](C)N(C)C(=O)c1ccc(N)c(Br)c1)[C@]1(C)O[C@H]1C[C@@H]1C[C@@](O)(NC(=O)O1)[C@H](OC)/C=C/C=C(\C)C2. The molecule has 16 heteroatoms. The van der Waals surface area contributed by atoms with Gasteiger partial charge < -0.3 is 44.3 Å². The number of allylic oxidation sites excluding steroid dienone is 3. The van der Waals surface area contributed by atoms with Crippen LogP contribution in [0.4, 0.5) is 16.2 Å². The Balaban J connectivity index is 1.49. The number of carbonyl (C=O) groups is 4. The largest absolute Gasteiger partial charge is 0.495 e. The van der Waals surface area contributed by atoms with Crippen molar-refractivity contribution in [3.63, 3.8) is 0 Å². The second-order valence-corrected chi connectivity index (χ2v) is 15.3. The van der Waals surface area contributed by atoms with Crippen LogP contribution in [0.15, 0.2) is 58.6 Å². The number of methoxy groups -OCH3 is 2. The normalized spacial score (nSPS) is 29.4. The van der Waals surface area contributed by atoms with Crippen LogP contribution >= 0.6 is 27.5 Å². The van der Waals surface area contributed by atoms with E-state index in [9.17, 15) is 24.3 Å². The van der Waals surface area contributed by atoms with Gasteiger partial charge in [0.1, 0.15) is 40.7 Å². The van der Waals surface area contributed by atoms with Gasteiger partial charge in [-0.25, -0.2) is 9.59 Å². The van der Waals surface area contributed by atoms with E-state index < -0.39 is 65.7 Å². The predicted octanol–water partition coefficient (Wildman–Crippen LogP) is 4.93. The van der Waals surface area contributed by atoms with E-state index in [2.05, 4.69) is 21.2 Å². The first-order chi connectivity index (χ1) is 25.4. The topological polar surface area (TPSA) is 182 Å². The van der Waals surface area contributed by atoms with Gasteiger partial charge in [-0.1, -0.05) is 35.4 Å². The van der Waals surface area contributed by atoms with Crippen molar-refractivity contribution in [1.82, 2.24) is 10.2 Å². The maximum Gasteiger partial charge on any atom is 0.409 e. The molecule has 4 N–H and O–H groups in total. The highest BCUT2D eigenvalue weighted by Gasteiger charge is 2.61. The van der Waals surface area contributed by atoms with Gasteiger partial charge in [0.15, 0.2) is 5.72 Å². The lowest BCUT2D eigenvalue weighted by Crippen LogP contribution is -2.62. The summed E-state index contributed by atoms with van der Waals surface area (Å²) >= 11 is 10.1. The molecule has 0 saturated carbocycles. The number of epoxide rings is 1. The second kappa shape index (κ2) is 16.3. The zero-order chi connectivity index (χ0) is 39.7. The number of fused-ring (bicyclic) bond motifs is 5. The number of anilines is 2. The highest BCUT2D eigenvalue weighted by atomic mass is 79.9. The summed E-state index contributed by atoms with van der Waals surface area (Å²) in [6, 6.07) is 7.17. The highest BCUT2D eigenvalue weighted by Crippen LogP contribution is 2.47. The molecule has 5 rings (SSSR count). The predicted molar refractivity (Wildman–Crippen MR) is 204 cm³/mol. The van der Waals surface area contributed by atoms with E-state index in [4.69, 9.17) is 41.0 Å². The molecule has 0 unspecified atom stereocenters. The van der Waals surface area contributed by atoms with Gasteiger partial charge in [0.2, 0.25) is 5.91 Å². The lowest BCUT2D eigenvalue weighted by atomic mass is 9.90. The quantitative estimate of drug-likeness (QED) is 0.204. The summed E-state index contributed by atoms with van der Waals surface area (Å²) in [5.41, 5.74) is 5.67. The fourth-order valence-electron chi connectivity index (χ4n) is 6.69. The van der Waals surface area contributed by atoms with Gasteiger partial charge in [0.05, 0.1) is 25.3 Å². The number of esters is 1. The average molecular weight is 834 g/mol. The number of aliphatic hydroxyl groups is 1. The van der Waals surface area contributed by atoms with Gasteiger partial charge in [0.25, 0.3) is 5.91 Å². The third-order valence-electron chi connectivity index (χ3n) is 10.2. The van der Waals surface area contributed by atoms with Crippen molar-refractivity contribution in [3.05, 3.63) is 74.8 Å². The number of likely N-dealkylation sites (N-methyl/N-ethyl adjacent to an activating group) is 1. The zero-order valence-corrected chi connectivity index (χ0v) is 33.5. The van der Waals surface area contributed by atoms with E-state index in [1.54, 1.807) is 56.5 Å². The molecule has 2 aromatic rings. The summed E-state index contributed by atoms with van der Waals surface area (Å²) in [7, 11) is 5.93. The minimum Gasteiger partial charge on any atom is -0.495 e. The Morgan fingerprint density at radius 3 is 2.61 bits per heavy atom. The minimum atomic E-state index is -1.82. The fourth-order valence-corrected chi connectivity index (χ4v) is 7.38. The van der Waals surface area contributed by atoms with Crippen molar-refractivity contribution in [2.24, 2.45) is 0 Å². The molecule has 2 fully saturated rings. The van der Waals surface area contributed by atoms with Crippen LogP contribution in [0.2, 0.25) is 5.02 Å². The molecule has 3 aliphatic rings. The van der Waals surface area contributed by atoms with Crippen LogP contribution in [0.1, 0.15) is 56.0 Å². The summed E-state index contributed by atoms with van der Waals surface area (Å²) in [4.78, 5) is 56.6. The van der Waals surface area contributed by atoms with Crippen molar-refractivity contribution >= 4 is 62.8 Å². The molecular formula is C38H46BrClN4O10. The van der Waals surface area contributed by atoms with Gasteiger partial charge in [-0.05, 0) is 79.0 Å². The Bertz CT molecular complexity index is 1870. The third kappa shape index (κ3) is 8.70. The molecule has 3 aliphatic heterocycles. The molecule has 14 nitrogen and oxygen atoms in total. The molecule has 0 aliphatic carbocycles.